The van der Waals surface area contributed by atoms with E-state index < -0.39 is 0 Å². The minimum atomic E-state index is 0.666. The van der Waals surface area contributed by atoms with Gasteiger partial charge in [0.2, 0.25) is 0 Å². The zero-order chi connectivity index (χ0) is 10.3. The molecule has 0 radical (unpaired) electrons. The molecule has 0 atom stereocenters. The van der Waals surface area contributed by atoms with Crippen molar-refractivity contribution in [3.8, 4) is 11.4 Å². The molecule has 3 aromatic rings. The number of H-pyrrole nitrogens is 1. The van der Waals surface area contributed by atoms with Crippen LogP contribution in [0.2, 0.25) is 0 Å². The highest BCUT2D eigenvalue weighted by Gasteiger charge is 2.07. The highest BCUT2D eigenvalue weighted by Crippen LogP contribution is 2.20. The minimum absolute atomic E-state index is 0.666. The zero-order valence-electron chi connectivity index (χ0n) is 8.06. The Bertz CT molecular complexity index is 577. The fourth-order valence-corrected chi connectivity index (χ4v) is 1.47. The van der Waals surface area contributed by atoms with Gasteiger partial charge in [0.05, 0.1) is 11.8 Å². The highest BCUT2D eigenvalue weighted by molar-refractivity contribution is 5.74. The van der Waals surface area contributed by atoms with Crippen molar-refractivity contribution in [2.45, 2.75) is 6.92 Å². The summed E-state index contributed by atoms with van der Waals surface area (Å²) in [5, 5.41) is 0. The summed E-state index contributed by atoms with van der Waals surface area (Å²) in [6.07, 6.45) is 4.85. The van der Waals surface area contributed by atoms with E-state index in [4.69, 9.17) is 4.42 Å². The van der Waals surface area contributed by atoms with Crippen LogP contribution in [-0.4, -0.2) is 19.9 Å². The summed E-state index contributed by atoms with van der Waals surface area (Å²) in [6.45, 7) is 1.89. The minimum Gasteiger partial charge on any atom is -0.469 e. The van der Waals surface area contributed by atoms with E-state index in [1.807, 2.05) is 13.0 Å². The molecule has 5 nitrogen and oxygen atoms in total. The SMILES string of the molecule is Cc1cc(-c2nc3ncncc3[nH]2)co1. The molecule has 0 aromatic carbocycles. The van der Waals surface area contributed by atoms with E-state index in [0.717, 1.165) is 22.7 Å². The molecule has 0 amide bonds. The van der Waals surface area contributed by atoms with E-state index in [1.165, 1.54) is 6.33 Å². The lowest BCUT2D eigenvalue weighted by atomic mass is 10.3. The average molecular weight is 200 g/mol. The Hall–Kier alpha value is -2.17. The summed E-state index contributed by atoms with van der Waals surface area (Å²) in [6, 6.07) is 1.92. The van der Waals surface area contributed by atoms with Gasteiger partial charge in [-0.3, -0.25) is 0 Å². The molecular weight excluding hydrogens is 192 g/mol. The Balaban J connectivity index is 2.19. The van der Waals surface area contributed by atoms with Gasteiger partial charge in [-0.15, -0.1) is 0 Å². The maximum Gasteiger partial charge on any atom is 0.181 e. The van der Waals surface area contributed by atoms with Crippen LogP contribution in [0.3, 0.4) is 0 Å². The summed E-state index contributed by atoms with van der Waals surface area (Å²) >= 11 is 0. The fourth-order valence-electron chi connectivity index (χ4n) is 1.47. The number of nitrogens with one attached hydrogen (secondary N) is 1. The molecule has 5 heteroatoms. The number of fused-ring (bicyclic) bond motifs is 1. The van der Waals surface area contributed by atoms with Crippen molar-refractivity contribution >= 4 is 11.2 Å². The molecule has 0 aliphatic rings. The van der Waals surface area contributed by atoms with E-state index in [2.05, 4.69) is 19.9 Å². The van der Waals surface area contributed by atoms with Gasteiger partial charge in [0.15, 0.2) is 5.65 Å². The molecule has 0 aliphatic carbocycles. The number of hydrogen-bond donors (Lipinski definition) is 1. The molecule has 0 unspecified atom stereocenters. The molecule has 0 aliphatic heterocycles. The van der Waals surface area contributed by atoms with E-state index in [-0.39, 0.29) is 0 Å². The number of aromatic nitrogens is 4. The molecule has 74 valence electrons. The summed E-state index contributed by atoms with van der Waals surface area (Å²) in [4.78, 5) is 15.4. The van der Waals surface area contributed by atoms with Gasteiger partial charge in [0.25, 0.3) is 0 Å². The summed E-state index contributed by atoms with van der Waals surface area (Å²) < 4.78 is 5.22. The van der Waals surface area contributed by atoms with Crippen LogP contribution in [-0.2, 0) is 0 Å². The van der Waals surface area contributed by atoms with E-state index >= 15 is 0 Å². The van der Waals surface area contributed by atoms with Gasteiger partial charge in [-0.1, -0.05) is 0 Å². The Morgan fingerprint density at radius 1 is 1.40 bits per heavy atom. The van der Waals surface area contributed by atoms with Crippen molar-refractivity contribution in [3.05, 3.63) is 30.6 Å². The largest absolute Gasteiger partial charge is 0.469 e. The van der Waals surface area contributed by atoms with Crippen LogP contribution in [0.5, 0.6) is 0 Å². The van der Waals surface area contributed by atoms with Gasteiger partial charge in [-0.2, -0.15) is 0 Å². The van der Waals surface area contributed by atoms with Gasteiger partial charge < -0.3 is 9.40 Å². The molecule has 1 N–H and O–H groups in total. The van der Waals surface area contributed by atoms with Crippen molar-refractivity contribution in [2.24, 2.45) is 0 Å². The van der Waals surface area contributed by atoms with Crippen molar-refractivity contribution in [1.82, 2.24) is 19.9 Å². The second kappa shape index (κ2) is 2.91. The van der Waals surface area contributed by atoms with Gasteiger partial charge >= 0.3 is 0 Å². The first-order valence-electron chi connectivity index (χ1n) is 4.54. The predicted molar refractivity (Wildman–Crippen MR) is 54.1 cm³/mol. The van der Waals surface area contributed by atoms with Crippen molar-refractivity contribution < 1.29 is 4.42 Å². The molecular formula is C10H8N4O. The van der Waals surface area contributed by atoms with E-state index in [1.54, 1.807) is 12.5 Å². The topological polar surface area (TPSA) is 67.6 Å². The highest BCUT2D eigenvalue weighted by atomic mass is 16.3. The number of nitrogens with zero attached hydrogens (tertiary/aromatic N) is 3. The maximum absolute atomic E-state index is 5.22. The van der Waals surface area contributed by atoms with Gasteiger partial charge in [0, 0.05) is 0 Å². The summed E-state index contributed by atoms with van der Waals surface area (Å²) in [7, 11) is 0. The second-order valence-electron chi connectivity index (χ2n) is 3.29. The van der Waals surface area contributed by atoms with Crippen LogP contribution in [0.25, 0.3) is 22.6 Å². The lowest BCUT2D eigenvalue weighted by Crippen LogP contribution is -1.76. The molecule has 15 heavy (non-hydrogen) atoms. The third-order valence-electron chi connectivity index (χ3n) is 2.17. The quantitative estimate of drug-likeness (QED) is 0.651. The van der Waals surface area contributed by atoms with Crippen LogP contribution >= 0.6 is 0 Å². The summed E-state index contributed by atoms with van der Waals surface area (Å²) in [5.74, 6) is 1.61. The number of aromatic amines is 1. The smallest absolute Gasteiger partial charge is 0.181 e. The van der Waals surface area contributed by atoms with Crippen LogP contribution < -0.4 is 0 Å². The molecule has 3 heterocycles. The van der Waals surface area contributed by atoms with Crippen molar-refractivity contribution in [3.63, 3.8) is 0 Å². The van der Waals surface area contributed by atoms with Gasteiger partial charge in [0.1, 0.15) is 29.7 Å². The van der Waals surface area contributed by atoms with E-state index in [9.17, 15) is 0 Å². The first-order valence-corrected chi connectivity index (χ1v) is 4.54. The molecule has 0 saturated carbocycles. The van der Waals surface area contributed by atoms with E-state index in [0.29, 0.717) is 5.65 Å². The van der Waals surface area contributed by atoms with Crippen LogP contribution in [0, 0.1) is 6.92 Å². The van der Waals surface area contributed by atoms with Crippen LogP contribution in [0.4, 0.5) is 0 Å². The molecule has 0 fully saturated rings. The molecule has 3 aromatic heterocycles. The normalized spacial score (nSPS) is 11.0. The predicted octanol–water partition coefficient (Wildman–Crippen LogP) is 1.92. The molecule has 0 saturated heterocycles. The zero-order valence-corrected chi connectivity index (χ0v) is 8.06. The standard InChI is InChI=1S/C10H8N4O/c1-6-2-7(4-15-6)9-13-8-3-11-5-12-10(8)14-9/h2-5H,1H3,(H,11,12,13,14). The number of rotatable bonds is 1. The van der Waals surface area contributed by atoms with Gasteiger partial charge in [-0.25, -0.2) is 15.0 Å². The van der Waals surface area contributed by atoms with Crippen LogP contribution in [0.15, 0.2) is 29.3 Å². The molecule has 0 bridgehead atoms. The Morgan fingerprint density at radius 2 is 2.33 bits per heavy atom. The molecule has 3 rings (SSSR count). The fraction of sp³-hybridized carbons (Fsp3) is 0.100. The first-order chi connectivity index (χ1) is 7.33. The number of furan rings is 1. The van der Waals surface area contributed by atoms with Crippen molar-refractivity contribution in [1.29, 1.82) is 0 Å². The van der Waals surface area contributed by atoms with Gasteiger partial charge in [-0.05, 0) is 13.0 Å². The monoisotopic (exact) mass is 200 g/mol. The third-order valence-corrected chi connectivity index (χ3v) is 2.17. The number of imidazole rings is 1. The van der Waals surface area contributed by atoms with Crippen molar-refractivity contribution in [2.75, 3.05) is 0 Å². The Labute approximate surface area is 85.2 Å². The first kappa shape index (κ1) is 8.16. The second-order valence-corrected chi connectivity index (χ2v) is 3.29. The Morgan fingerprint density at radius 3 is 3.07 bits per heavy atom. The third kappa shape index (κ3) is 1.28. The summed E-state index contributed by atoms with van der Waals surface area (Å²) in [5.41, 5.74) is 2.41. The number of hydrogen-bond acceptors (Lipinski definition) is 4. The number of aryl methyl sites for hydroxylation is 1. The lowest BCUT2D eigenvalue weighted by molar-refractivity contribution is 0.534. The lowest BCUT2D eigenvalue weighted by Gasteiger charge is -1.84. The maximum atomic E-state index is 5.22. The average Bonchev–Trinajstić information content (AvgIpc) is 2.82. The van der Waals surface area contributed by atoms with Crippen LogP contribution in [0.1, 0.15) is 5.76 Å². The molecule has 0 spiro atoms. The Kier molecular flexibility index (Phi) is 1.58.